The van der Waals surface area contributed by atoms with Gasteiger partial charge in [0, 0.05) is 6.20 Å². The summed E-state index contributed by atoms with van der Waals surface area (Å²) in [5.74, 6) is -0.758. The van der Waals surface area contributed by atoms with Crippen LogP contribution in [0.3, 0.4) is 0 Å². The van der Waals surface area contributed by atoms with Crippen LogP contribution in [0.5, 0.6) is 0 Å². The average molecular weight is 334 g/mol. The molecule has 0 radical (unpaired) electrons. The first-order valence-corrected chi connectivity index (χ1v) is 5.81. The molecule has 0 aliphatic carbocycles. The van der Waals surface area contributed by atoms with Crippen molar-refractivity contribution in [2.45, 2.75) is 13.0 Å². The molecule has 0 bridgehead atoms. The van der Waals surface area contributed by atoms with Gasteiger partial charge in [0.15, 0.2) is 0 Å². The Labute approximate surface area is 105 Å². The highest BCUT2D eigenvalue weighted by Crippen LogP contribution is 2.19. The van der Waals surface area contributed by atoms with Crippen molar-refractivity contribution < 1.29 is 8.78 Å². The molecule has 2 nitrogen and oxygen atoms in total. The van der Waals surface area contributed by atoms with E-state index in [-0.39, 0.29) is 11.9 Å². The van der Waals surface area contributed by atoms with Gasteiger partial charge in [-0.1, -0.05) is 12.1 Å². The molecule has 1 atom stereocenters. The summed E-state index contributed by atoms with van der Waals surface area (Å²) in [6, 6.07) is 6.00. The molecular weight excluding hydrogens is 325 g/mol. The van der Waals surface area contributed by atoms with Crippen molar-refractivity contribution in [1.29, 1.82) is 0 Å². The topological polar surface area (TPSA) is 17.8 Å². The lowest BCUT2D eigenvalue weighted by Gasteiger charge is -2.11. The van der Waals surface area contributed by atoms with Crippen LogP contribution in [0.1, 0.15) is 18.5 Å². The minimum atomic E-state index is -0.477. The zero-order valence-corrected chi connectivity index (χ0v) is 10.6. The lowest BCUT2D eigenvalue weighted by molar-refractivity contribution is 0.497. The summed E-state index contributed by atoms with van der Waals surface area (Å²) in [4.78, 5) is 0. The van der Waals surface area contributed by atoms with Gasteiger partial charge in [0.05, 0.1) is 9.61 Å². The highest BCUT2D eigenvalue weighted by molar-refractivity contribution is 14.1. The van der Waals surface area contributed by atoms with Gasteiger partial charge in [0.25, 0.3) is 0 Å². The Morgan fingerprint density at radius 3 is 2.38 bits per heavy atom. The standard InChI is InChI=1S/C11H9F2IN2/c1-7(8-2-4-9(12)5-3-8)16-6-10(14)11(13)15-16/h2-7H,1H3/t7-/m1/s1. The van der Waals surface area contributed by atoms with Crippen LogP contribution in [0.4, 0.5) is 8.78 Å². The third-order valence-corrected chi connectivity index (χ3v) is 3.12. The van der Waals surface area contributed by atoms with Gasteiger partial charge in [-0.2, -0.15) is 4.39 Å². The number of halogens is 3. The van der Waals surface area contributed by atoms with Crippen LogP contribution in [0.2, 0.25) is 0 Å². The summed E-state index contributed by atoms with van der Waals surface area (Å²) in [5, 5.41) is 3.76. The Morgan fingerprint density at radius 2 is 1.88 bits per heavy atom. The zero-order valence-electron chi connectivity index (χ0n) is 8.49. The molecule has 0 unspecified atom stereocenters. The molecule has 0 saturated carbocycles. The number of hydrogen-bond donors (Lipinski definition) is 0. The van der Waals surface area contributed by atoms with E-state index in [0.717, 1.165) is 5.56 Å². The number of hydrogen-bond acceptors (Lipinski definition) is 1. The largest absolute Gasteiger partial charge is 0.261 e. The van der Waals surface area contributed by atoms with Gasteiger partial charge in [0.1, 0.15) is 5.82 Å². The fraction of sp³-hybridized carbons (Fsp3) is 0.182. The molecule has 0 N–H and O–H groups in total. The predicted octanol–water partition coefficient (Wildman–Crippen LogP) is 3.38. The van der Waals surface area contributed by atoms with Crippen molar-refractivity contribution in [3.8, 4) is 0 Å². The molecule has 2 aromatic rings. The van der Waals surface area contributed by atoms with Crippen LogP contribution in [-0.2, 0) is 0 Å². The fourth-order valence-electron chi connectivity index (χ4n) is 1.44. The minimum absolute atomic E-state index is 0.112. The molecule has 16 heavy (non-hydrogen) atoms. The van der Waals surface area contributed by atoms with E-state index in [4.69, 9.17) is 0 Å². The van der Waals surface area contributed by atoms with Gasteiger partial charge in [-0.05, 0) is 47.2 Å². The van der Waals surface area contributed by atoms with Crippen LogP contribution in [0.25, 0.3) is 0 Å². The third-order valence-electron chi connectivity index (χ3n) is 2.40. The summed E-state index contributed by atoms with van der Waals surface area (Å²) in [6.07, 6.45) is 1.63. The molecule has 5 heteroatoms. The van der Waals surface area contributed by atoms with E-state index < -0.39 is 5.95 Å². The van der Waals surface area contributed by atoms with E-state index in [1.54, 1.807) is 18.3 Å². The Kier molecular flexibility index (Phi) is 3.22. The molecule has 0 aliphatic rings. The fourth-order valence-corrected chi connectivity index (χ4v) is 1.83. The van der Waals surface area contributed by atoms with Crippen LogP contribution < -0.4 is 0 Å². The van der Waals surface area contributed by atoms with E-state index in [0.29, 0.717) is 3.57 Å². The average Bonchev–Trinajstić information content (AvgIpc) is 2.59. The number of aromatic nitrogens is 2. The summed E-state index contributed by atoms with van der Waals surface area (Å²) in [6.45, 7) is 1.88. The van der Waals surface area contributed by atoms with E-state index in [9.17, 15) is 8.78 Å². The highest BCUT2D eigenvalue weighted by atomic mass is 127. The van der Waals surface area contributed by atoms with Crippen molar-refractivity contribution in [2.75, 3.05) is 0 Å². The van der Waals surface area contributed by atoms with Crippen molar-refractivity contribution in [2.24, 2.45) is 0 Å². The Morgan fingerprint density at radius 1 is 1.25 bits per heavy atom. The second-order valence-electron chi connectivity index (χ2n) is 3.48. The van der Waals surface area contributed by atoms with Gasteiger partial charge in [-0.15, -0.1) is 5.10 Å². The Balaban J connectivity index is 2.31. The minimum Gasteiger partial charge on any atom is -0.261 e. The molecule has 84 valence electrons. The van der Waals surface area contributed by atoms with E-state index >= 15 is 0 Å². The quantitative estimate of drug-likeness (QED) is 0.770. The van der Waals surface area contributed by atoms with Crippen molar-refractivity contribution >= 4 is 22.6 Å². The van der Waals surface area contributed by atoms with Crippen LogP contribution in [0, 0.1) is 15.3 Å². The van der Waals surface area contributed by atoms with Gasteiger partial charge in [-0.25, -0.2) is 4.39 Å². The molecule has 1 aromatic carbocycles. The van der Waals surface area contributed by atoms with Gasteiger partial charge in [0.2, 0.25) is 5.95 Å². The van der Waals surface area contributed by atoms with E-state index in [1.165, 1.54) is 16.8 Å². The first-order chi connectivity index (χ1) is 7.58. The lowest BCUT2D eigenvalue weighted by Crippen LogP contribution is -2.07. The second-order valence-corrected chi connectivity index (χ2v) is 4.64. The smallest absolute Gasteiger partial charge is 0.245 e. The molecule has 1 aromatic heterocycles. The lowest BCUT2D eigenvalue weighted by atomic mass is 10.1. The van der Waals surface area contributed by atoms with Crippen molar-refractivity contribution in [3.63, 3.8) is 0 Å². The molecule has 0 aliphatic heterocycles. The van der Waals surface area contributed by atoms with Crippen LogP contribution in [0.15, 0.2) is 30.5 Å². The van der Waals surface area contributed by atoms with Gasteiger partial charge >= 0.3 is 0 Å². The summed E-state index contributed by atoms with van der Waals surface area (Å²) in [5.41, 5.74) is 0.889. The number of rotatable bonds is 2. The van der Waals surface area contributed by atoms with E-state index in [1.807, 2.05) is 29.5 Å². The monoisotopic (exact) mass is 334 g/mol. The second kappa shape index (κ2) is 4.48. The first kappa shape index (κ1) is 11.5. The molecular formula is C11H9F2IN2. The first-order valence-electron chi connectivity index (χ1n) is 4.73. The number of nitrogens with zero attached hydrogens (tertiary/aromatic N) is 2. The van der Waals surface area contributed by atoms with Crippen molar-refractivity contribution in [1.82, 2.24) is 9.78 Å². The Bertz CT molecular complexity index is 474. The van der Waals surface area contributed by atoms with Gasteiger partial charge < -0.3 is 0 Å². The zero-order chi connectivity index (χ0) is 11.7. The van der Waals surface area contributed by atoms with Gasteiger partial charge in [-0.3, -0.25) is 4.68 Å². The third kappa shape index (κ3) is 2.23. The summed E-state index contributed by atoms with van der Waals surface area (Å²) >= 11 is 1.88. The normalized spacial score (nSPS) is 12.8. The maximum Gasteiger partial charge on any atom is 0.245 e. The maximum atomic E-state index is 13.1. The molecule has 0 fully saturated rings. The molecule has 1 heterocycles. The van der Waals surface area contributed by atoms with Crippen LogP contribution in [-0.4, -0.2) is 9.78 Å². The summed E-state index contributed by atoms with van der Waals surface area (Å²) < 4.78 is 27.8. The Hall–Kier alpha value is -0.980. The SMILES string of the molecule is C[C@H](c1ccc(F)cc1)n1cc(I)c(F)n1. The molecule has 0 spiro atoms. The predicted molar refractivity (Wildman–Crippen MR) is 65.1 cm³/mol. The van der Waals surface area contributed by atoms with Crippen LogP contribution >= 0.6 is 22.6 Å². The molecule has 2 rings (SSSR count). The highest BCUT2D eigenvalue weighted by Gasteiger charge is 2.12. The summed E-state index contributed by atoms with van der Waals surface area (Å²) in [7, 11) is 0. The van der Waals surface area contributed by atoms with Crippen molar-refractivity contribution in [3.05, 3.63) is 51.4 Å². The number of benzene rings is 1. The molecule has 0 saturated heterocycles. The maximum absolute atomic E-state index is 13.1. The van der Waals surface area contributed by atoms with E-state index in [2.05, 4.69) is 5.10 Å². The molecule has 0 amide bonds.